The van der Waals surface area contributed by atoms with Crippen molar-refractivity contribution in [2.75, 3.05) is 5.75 Å². The number of thiazole rings is 1. The fourth-order valence-electron chi connectivity index (χ4n) is 1.80. The third-order valence-electron chi connectivity index (χ3n) is 3.39. The van der Waals surface area contributed by atoms with Gasteiger partial charge in [-0.25, -0.2) is 4.98 Å². The Morgan fingerprint density at radius 1 is 1.50 bits per heavy atom. The summed E-state index contributed by atoms with van der Waals surface area (Å²) >= 11 is 3.60. The van der Waals surface area contributed by atoms with Crippen LogP contribution < -0.4 is 5.32 Å². The molecule has 2 heterocycles. The van der Waals surface area contributed by atoms with Crippen molar-refractivity contribution in [3.8, 4) is 0 Å². The Morgan fingerprint density at radius 3 is 3.00 bits per heavy atom. The maximum absolute atomic E-state index is 4.66. The summed E-state index contributed by atoms with van der Waals surface area (Å²) < 4.78 is 0. The molecule has 1 atom stereocenters. The lowest BCUT2D eigenvalue weighted by molar-refractivity contribution is 0.390. The Morgan fingerprint density at radius 2 is 2.33 bits per heavy atom. The highest BCUT2D eigenvalue weighted by Gasteiger charge is 2.27. The zero-order chi connectivity index (χ0) is 13.0. The number of aliphatic imine (C=N–C) groups is 1. The van der Waals surface area contributed by atoms with E-state index in [1.165, 1.54) is 11.3 Å². The number of rotatable bonds is 4. The predicted octanol–water partition coefficient (Wildman–Crippen LogP) is 3.46. The minimum absolute atomic E-state index is 0.224. The van der Waals surface area contributed by atoms with E-state index in [1.54, 1.807) is 11.3 Å². The topological polar surface area (TPSA) is 37.3 Å². The van der Waals surface area contributed by atoms with Crippen LogP contribution >= 0.6 is 23.1 Å². The van der Waals surface area contributed by atoms with Gasteiger partial charge in [0.2, 0.25) is 0 Å². The lowest BCUT2D eigenvalue weighted by Crippen LogP contribution is -2.48. The second-order valence-corrected chi connectivity index (χ2v) is 7.12. The first-order valence-corrected chi connectivity index (χ1v) is 8.34. The molecule has 1 fully saturated rings. The Labute approximate surface area is 118 Å². The highest BCUT2D eigenvalue weighted by atomic mass is 32.2. The summed E-state index contributed by atoms with van der Waals surface area (Å²) in [6.45, 7) is 7.38. The molecule has 1 saturated heterocycles. The number of aryl methyl sites for hydroxylation is 1. The van der Waals surface area contributed by atoms with Crippen LogP contribution in [0, 0.1) is 0 Å². The van der Waals surface area contributed by atoms with E-state index in [0.717, 1.165) is 28.8 Å². The highest BCUT2D eigenvalue weighted by molar-refractivity contribution is 8.13. The van der Waals surface area contributed by atoms with Gasteiger partial charge in [-0.15, -0.1) is 11.3 Å². The van der Waals surface area contributed by atoms with Crippen LogP contribution in [0.2, 0.25) is 0 Å². The van der Waals surface area contributed by atoms with Crippen LogP contribution in [0.5, 0.6) is 0 Å². The molecule has 0 bridgehead atoms. The molecule has 0 spiro atoms. The zero-order valence-electron chi connectivity index (χ0n) is 11.3. The largest absolute Gasteiger partial charge is 0.360 e. The second kappa shape index (κ2) is 6.06. The molecule has 2 rings (SSSR count). The van der Waals surface area contributed by atoms with Gasteiger partial charge < -0.3 is 5.32 Å². The van der Waals surface area contributed by atoms with Crippen LogP contribution in [-0.4, -0.2) is 21.4 Å². The van der Waals surface area contributed by atoms with Crippen molar-refractivity contribution >= 4 is 28.3 Å². The van der Waals surface area contributed by atoms with Gasteiger partial charge in [-0.2, -0.15) is 0 Å². The Bertz CT molecular complexity index is 428. The number of hydrogen-bond donors (Lipinski definition) is 1. The van der Waals surface area contributed by atoms with Crippen LogP contribution in [-0.2, 0) is 13.0 Å². The molecule has 0 aliphatic carbocycles. The molecule has 1 aliphatic heterocycles. The van der Waals surface area contributed by atoms with Crippen molar-refractivity contribution in [3.63, 3.8) is 0 Å². The summed E-state index contributed by atoms with van der Waals surface area (Å²) in [6, 6.07) is 0. The van der Waals surface area contributed by atoms with E-state index in [4.69, 9.17) is 0 Å². The summed E-state index contributed by atoms with van der Waals surface area (Å²) in [4.78, 5) is 10.4. The second-order valence-electron chi connectivity index (χ2n) is 4.83. The number of thioether (sulfide) groups is 1. The van der Waals surface area contributed by atoms with Crippen molar-refractivity contribution in [2.24, 2.45) is 4.99 Å². The minimum atomic E-state index is 0.224. The minimum Gasteiger partial charge on any atom is -0.360 e. The van der Waals surface area contributed by atoms with E-state index in [9.17, 15) is 0 Å². The summed E-state index contributed by atoms with van der Waals surface area (Å²) in [6.07, 6.45) is 5.39. The molecule has 0 saturated carbocycles. The summed E-state index contributed by atoms with van der Waals surface area (Å²) in [5.41, 5.74) is 0.224. The summed E-state index contributed by atoms with van der Waals surface area (Å²) in [5, 5.41) is 5.76. The summed E-state index contributed by atoms with van der Waals surface area (Å²) in [7, 11) is 0. The number of amidine groups is 1. The predicted molar refractivity (Wildman–Crippen MR) is 81.5 cm³/mol. The lowest BCUT2D eigenvalue weighted by atomic mass is 9.96. The van der Waals surface area contributed by atoms with Gasteiger partial charge in [0.15, 0.2) is 5.17 Å². The van der Waals surface area contributed by atoms with Gasteiger partial charge >= 0.3 is 0 Å². The molecule has 18 heavy (non-hydrogen) atoms. The van der Waals surface area contributed by atoms with E-state index in [2.05, 4.69) is 36.1 Å². The SMILES string of the molecule is CCc1cnc(CN=C2NC(C)(CC)CCS2)s1. The van der Waals surface area contributed by atoms with E-state index in [-0.39, 0.29) is 5.54 Å². The standard InChI is InChI=1S/C13H21N3S2/c1-4-10-8-14-11(18-10)9-15-12-16-13(3,5-2)6-7-17-12/h8H,4-7,9H2,1-3H3,(H,15,16). The number of hydrogen-bond acceptors (Lipinski definition) is 4. The van der Waals surface area contributed by atoms with E-state index < -0.39 is 0 Å². The van der Waals surface area contributed by atoms with Crippen molar-refractivity contribution in [2.45, 2.75) is 52.1 Å². The molecule has 1 unspecified atom stereocenters. The van der Waals surface area contributed by atoms with Crippen molar-refractivity contribution < 1.29 is 0 Å². The quantitative estimate of drug-likeness (QED) is 0.919. The third-order valence-corrected chi connectivity index (χ3v) is 5.43. The molecule has 0 radical (unpaired) electrons. The van der Waals surface area contributed by atoms with E-state index in [0.29, 0.717) is 6.54 Å². The van der Waals surface area contributed by atoms with Gasteiger partial charge in [0.25, 0.3) is 0 Å². The zero-order valence-corrected chi connectivity index (χ0v) is 13.0. The van der Waals surface area contributed by atoms with Gasteiger partial charge in [-0.05, 0) is 26.2 Å². The van der Waals surface area contributed by atoms with E-state index >= 15 is 0 Å². The van der Waals surface area contributed by atoms with Crippen molar-refractivity contribution in [3.05, 3.63) is 16.1 Å². The van der Waals surface area contributed by atoms with Gasteiger partial charge in [0.05, 0.1) is 6.54 Å². The van der Waals surface area contributed by atoms with Crippen LogP contribution in [0.4, 0.5) is 0 Å². The van der Waals surface area contributed by atoms with Crippen LogP contribution in [0.25, 0.3) is 0 Å². The monoisotopic (exact) mass is 283 g/mol. The molecule has 3 nitrogen and oxygen atoms in total. The average molecular weight is 283 g/mol. The van der Waals surface area contributed by atoms with E-state index in [1.807, 2.05) is 18.0 Å². The first-order valence-electron chi connectivity index (χ1n) is 6.54. The summed E-state index contributed by atoms with van der Waals surface area (Å²) in [5.74, 6) is 1.16. The number of aromatic nitrogens is 1. The molecule has 1 aromatic rings. The van der Waals surface area contributed by atoms with Crippen LogP contribution in [0.1, 0.15) is 43.5 Å². The average Bonchev–Trinajstić information content (AvgIpc) is 2.85. The molecule has 5 heteroatoms. The maximum atomic E-state index is 4.66. The molecular formula is C13H21N3S2. The highest BCUT2D eigenvalue weighted by Crippen LogP contribution is 2.25. The Kier molecular flexibility index (Phi) is 4.67. The maximum Gasteiger partial charge on any atom is 0.157 e. The first kappa shape index (κ1) is 13.9. The molecule has 0 amide bonds. The normalized spacial score (nSPS) is 26.3. The van der Waals surface area contributed by atoms with Crippen molar-refractivity contribution in [1.29, 1.82) is 0 Å². The molecule has 100 valence electrons. The third kappa shape index (κ3) is 3.48. The smallest absolute Gasteiger partial charge is 0.157 e. The lowest BCUT2D eigenvalue weighted by Gasteiger charge is -2.35. The van der Waals surface area contributed by atoms with Gasteiger partial charge in [-0.3, -0.25) is 4.99 Å². The van der Waals surface area contributed by atoms with Gasteiger partial charge in [0, 0.05) is 22.4 Å². The fraction of sp³-hybridized carbons (Fsp3) is 0.692. The molecule has 1 aliphatic rings. The molecule has 1 N–H and O–H groups in total. The number of nitrogens with one attached hydrogen (secondary N) is 1. The molecular weight excluding hydrogens is 262 g/mol. The first-order chi connectivity index (χ1) is 8.65. The van der Waals surface area contributed by atoms with Crippen LogP contribution in [0.3, 0.4) is 0 Å². The van der Waals surface area contributed by atoms with Crippen molar-refractivity contribution in [1.82, 2.24) is 10.3 Å². The number of nitrogens with zero attached hydrogens (tertiary/aromatic N) is 2. The molecule has 0 aromatic carbocycles. The Balaban J connectivity index is 1.96. The fourth-order valence-corrected chi connectivity index (χ4v) is 3.81. The molecule has 1 aromatic heterocycles. The Hall–Kier alpha value is -0.550. The van der Waals surface area contributed by atoms with Crippen LogP contribution in [0.15, 0.2) is 11.2 Å². The van der Waals surface area contributed by atoms with Gasteiger partial charge in [-0.1, -0.05) is 25.6 Å². The van der Waals surface area contributed by atoms with Gasteiger partial charge in [0.1, 0.15) is 5.01 Å².